The van der Waals surface area contributed by atoms with Gasteiger partial charge in [-0.1, -0.05) is 25.0 Å². The molecule has 0 unspecified atom stereocenters. The Kier molecular flexibility index (Phi) is 5.49. The number of rotatable bonds is 5. The van der Waals surface area contributed by atoms with E-state index < -0.39 is 5.97 Å². The van der Waals surface area contributed by atoms with Gasteiger partial charge in [-0.25, -0.2) is 9.79 Å². The highest BCUT2D eigenvalue weighted by Gasteiger charge is 2.07. The summed E-state index contributed by atoms with van der Waals surface area (Å²) in [6.07, 6.45) is 3.37. The molecule has 0 aromatic heterocycles. The van der Waals surface area contributed by atoms with Crippen molar-refractivity contribution in [3.63, 3.8) is 0 Å². The second-order valence-corrected chi connectivity index (χ2v) is 4.21. The van der Waals surface area contributed by atoms with Gasteiger partial charge in [-0.15, -0.1) is 0 Å². The quantitative estimate of drug-likeness (QED) is 0.820. The number of carboxylic acid groups (broad SMARTS) is 1. The van der Waals surface area contributed by atoms with E-state index in [2.05, 4.69) is 4.99 Å². The van der Waals surface area contributed by atoms with E-state index in [0.29, 0.717) is 11.3 Å². The van der Waals surface area contributed by atoms with Gasteiger partial charge in [0.1, 0.15) is 5.71 Å². The molecule has 4 heteroatoms. The monoisotopic (exact) mass is 256 g/mol. The second-order valence-electron chi connectivity index (χ2n) is 4.21. The molecular weight excluding hydrogens is 240 g/mol. The van der Waals surface area contributed by atoms with Crippen molar-refractivity contribution in [1.82, 2.24) is 0 Å². The SMILES string of the molecule is CCC/C(C)=C\C(=Nc1cccc(C#N)c1)C(=O)O. The van der Waals surface area contributed by atoms with Crippen LogP contribution in [0.15, 0.2) is 40.9 Å². The molecule has 0 saturated heterocycles. The third-order valence-corrected chi connectivity index (χ3v) is 2.47. The largest absolute Gasteiger partial charge is 0.477 e. The maximum absolute atomic E-state index is 11.2. The first-order valence-electron chi connectivity index (χ1n) is 6.06. The van der Waals surface area contributed by atoms with Crippen LogP contribution in [-0.2, 0) is 4.79 Å². The molecule has 0 heterocycles. The van der Waals surface area contributed by atoms with Crippen LogP contribution in [0, 0.1) is 11.3 Å². The van der Waals surface area contributed by atoms with E-state index in [1.54, 1.807) is 30.3 Å². The average molecular weight is 256 g/mol. The van der Waals surface area contributed by atoms with E-state index in [0.717, 1.165) is 18.4 Å². The maximum Gasteiger partial charge on any atom is 0.354 e. The Morgan fingerprint density at radius 2 is 2.26 bits per heavy atom. The van der Waals surface area contributed by atoms with Crippen LogP contribution < -0.4 is 0 Å². The Labute approximate surface area is 112 Å². The molecule has 0 bridgehead atoms. The number of hydrogen-bond acceptors (Lipinski definition) is 3. The van der Waals surface area contributed by atoms with Crippen LogP contribution in [0.4, 0.5) is 5.69 Å². The number of nitriles is 1. The fourth-order valence-corrected chi connectivity index (χ4v) is 1.63. The lowest BCUT2D eigenvalue weighted by molar-refractivity contribution is -0.129. The Morgan fingerprint density at radius 3 is 2.84 bits per heavy atom. The molecule has 1 aromatic carbocycles. The summed E-state index contributed by atoms with van der Waals surface area (Å²) in [5.41, 5.74) is 1.89. The predicted octanol–water partition coefficient (Wildman–Crippen LogP) is 3.46. The molecule has 0 spiro atoms. The van der Waals surface area contributed by atoms with Gasteiger partial charge in [0.05, 0.1) is 17.3 Å². The number of allylic oxidation sites excluding steroid dienone is 1. The van der Waals surface area contributed by atoms with Crippen LogP contribution in [0.2, 0.25) is 0 Å². The molecule has 0 aliphatic rings. The Bertz CT molecular complexity index is 566. The first-order chi connectivity index (χ1) is 9.06. The Hall–Kier alpha value is -2.41. The normalized spacial score (nSPS) is 12.1. The summed E-state index contributed by atoms with van der Waals surface area (Å²) in [7, 11) is 0. The number of nitrogens with zero attached hydrogens (tertiary/aromatic N) is 2. The van der Waals surface area contributed by atoms with Crippen molar-refractivity contribution in [2.45, 2.75) is 26.7 Å². The molecule has 0 aliphatic heterocycles. The zero-order valence-corrected chi connectivity index (χ0v) is 11.1. The molecule has 98 valence electrons. The number of carbonyl (C=O) groups is 1. The zero-order chi connectivity index (χ0) is 14.3. The van der Waals surface area contributed by atoms with Crippen molar-refractivity contribution in [3.05, 3.63) is 41.5 Å². The first-order valence-corrected chi connectivity index (χ1v) is 6.06. The van der Waals surface area contributed by atoms with Crippen LogP contribution in [0.25, 0.3) is 0 Å². The highest BCUT2D eigenvalue weighted by Crippen LogP contribution is 2.15. The van der Waals surface area contributed by atoms with E-state index in [4.69, 9.17) is 10.4 Å². The van der Waals surface area contributed by atoms with Crippen LogP contribution in [0.1, 0.15) is 32.3 Å². The number of aliphatic carboxylic acids is 1. The van der Waals surface area contributed by atoms with Crippen LogP contribution in [0.3, 0.4) is 0 Å². The summed E-state index contributed by atoms with van der Waals surface area (Å²) in [6.45, 7) is 3.92. The molecule has 0 saturated carbocycles. The van der Waals surface area contributed by atoms with Crippen molar-refractivity contribution in [3.8, 4) is 6.07 Å². The van der Waals surface area contributed by atoms with E-state index >= 15 is 0 Å². The maximum atomic E-state index is 11.2. The number of carboxylic acids is 1. The fraction of sp³-hybridized carbons (Fsp3) is 0.267. The third kappa shape index (κ3) is 4.76. The summed E-state index contributed by atoms with van der Waals surface area (Å²) in [5, 5.41) is 17.9. The van der Waals surface area contributed by atoms with Crippen molar-refractivity contribution in [2.75, 3.05) is 0 Å². The number of hydrogen-bond donors (Lipinski definition) is 1. The lowest BCUT2D eigenvalue weighted by Gasteiger charge is -2.00. The molecule has 19 heavy (non-hydrogen) atoms. The van der Waals surface area contributed by atoms with Crippen molar-refractivity contribution in [2.24, 2.45) is 4.99 Å². The van der Waals surface area contributed by atoms with Gasteiger partial charge in [-0.3, -0.25) is 0 Å². The van der Waals surface area contributed by atoms with Crippen LogP contribution >= 0.6 is 0 Å². The smallest absolute Gasteiger partial charge is 0.354 e. The highest BCUT2D eigenvalue weighted by atomic mass is 16.4. The molecule has 0 atom stereocenters. The van der Waals surface area contributed by atoms with Gasteiger partial charge in [-0.2, -0.15) is 5.26 Å². The van der Waals surface area contributed by atoms with Gasteiger partial charge in [0.25, 0.3) is 0 Å². The zero-order valence-electron chi connectivity index (χ0n) is 11.1. The standard InChI is InChI=1S/C15H16N2O2/c1-3-5-11(2)8-14(15(18)19)17-13-7-4-6-12(9-13)10-16/h4,6-9H,3,5H2,1-2H3,(H,18,19)/b11-8-,17-14?. The average Bonchev–Trinajstić information content (AvgIpc) is 2.38. The summed E-state index contributed by atoms with van der Waals surface area (Å²) in [6, 6.07) is 8.56. The van der Waals surface area contributed by atoms with Crippen LogP contribution in [0.5, 0.6) is 0 Å². The Balaban J connectivity index is 3.11. The summed E-state index contributed by atoms with van der Waals surface area (Å²) >= 11 is 0. The molecule has 0 fully saturated rings. The van der Waals surface area contributed by atoms with E-state index in [9.17, 15) is 4.79 Å². The van der Waals surface area contributed by atoms with Gasteiger partial charge < -0.3 is 5.11 Å². The van der Waals surface area contributed by atoms with Crippen molar-refractivity contribution in [1.29, 1.82) is 5.26 Å². The third-order valence-electron chi connectivity index (χ3n) is 2.47. The lowest BCUT2D eigenvalue weighted by Crippen LogP contribution is -2.10. The van der Waals surface area contributed by atoms with Gasteiger partial charge >= 0.3 is 5.97 Å². The van der Waals surface area contributed by atoms with Crippen LogP contribution in [-0.4, -0.2) is 16.8 Å². The Morgan fingerprint density at radius 1 is 1.53 bits per heavy atom. The van der Waals surface area contributed by atoms with Crippen molar-refractivity contribution < 1.29 is 9.90 Å². The molecule has 0 amide bonds. The minimum Gasteiger partial charge on any atom is -0.477 e. The molecule has 0 radical (unpaired) electrons. The minimum absolute atomic E-state index is 0.0129. The summed E-state index contributed by atoms with van der Waals surface area (Å²) in [4.78, 5) is 15.2. The molecular formula is C15H16N2O2. The van der Waals surface area contributed by atoms with Gasteiger partial charge in [0, 0.05) is 0 Å². The topological polar surface area (TPSA) is 73.5 Å². The van der Waals surface area contributed by atoms with Gasteiger partial charge in [-0.05, 0) is 37.6 Å². The molecule has 0 aliphatic carbocycles. The van der Waals surface area contributed by atoms with Gasteiger partial charge in [0.15, 0.2) is 0 Å². The summed E-state index contributed by atoms with van der Waals surface area (Å²) < 4.78 is 0. The molecule has 1 rings (SSSR count). The van der Waals surface area contributed by atoms with E-state index in [-0.39, 0.29) is 5.71 Å². The van der Waals surface area contributed by atoms with E-state index in [1.165, 1.54) is 0 Å². The number of benzene rings is 1. The first kappa shape index (κ1) is 14.7. The van der Waals surface area contributed by atoms with Crippen molar-refractivity contribution >= 4 is 17.4 Å². The fourth-order valence-electron chi connectivity index (χ4n) is 1.63. The lowest BCUT2D eigenvalue weighted by atomic mass is 10.1. The second kappa shape index (κ2) is 7.12. The summed E-state index contributed by atoms with van der Waals surface area (Å²) in [5.74, 6) is -1.07. The number of aliphatic imine (C=N–C) groups is 1. The minimum atomic E-state index is -1.07. The highest BCUT2D eigenvalue weighted by molar-refractivity contribution is 6.41. The molecule has 4 nitrogen and oxygen atoms in total. The molecule has 1 aromatic rings. The van der Waals surface area contributed by atoms with E-state index in [1.807, 2.05) is 19.9 Å². The van der Waals surface area contributed by atoms with Gasteiger partial charge in [0.2, 0.25) is 0 Å². The predicted molar refractivity (Wildman–Crippen MR) is 74.6 cm³/mol. The molecule has 1 N–H and O–H groups in total.